The van der Waals surface area contributed by atoms with Crippen molar-refractivity contribution in [1.82, 2.24) is 20.6 Å². The predicted octanol–water partition coefficient (Wildman–Crippen LogP) is -0.449. The van der Waals surface area contributed by atoms with Crippen LogP contribution in [-0.2, 0) is 25.6 Å². The summed E-state index contributed by atoms with van der Waals surface area (Å²) in [7, 11) is 0. The summed E-state index contributed by atoms with van der Waals surface area (Å²) in [5.74, 6) is -3.07. The van der Waals surface area contributed by atoms with Crippen LogP contribution in [0.5, 0.6) is 0 Å². The van der Waals surface area contributed by atoms with E-state index in [9.17, 15) is 24.3 Å². The Balaban J connectivity index is 2.62. The topological polar surface area (TPSA) is 141 Å². The highest BCUT2D eigenvalue weighted by atomic mass is 32.1. The zero-order valence-electron chi connectivity index (χ0n) is 14.0. The van der Waals surface area contributed by atoms with Gasteiger partial charge in [0, 0.05) is 43.3 Å². The van der Waals surface area contributed by atoms with E-state index in [4.69, 9.17) is 0 Å². The Labute approximate surface area is 150 Å². The summed E-state index contributed by atoms with van der Waals surface area (Å²) in [5, 5.41) is 14.1. The molecule has 25 heavy (non-hydrogen) atoms. The van der Waals surface area contributed by atoms with Gasteiger partial charge in [-0.15, -0.1) is 0 Å². The molecule has 1 aromatic heterocycles. The number of ketones is 1. The average molecular weight is 370 g/mol. The predicted molar refractivity (Wildman–Crippen MR) is 92.1 cm³/mol. The zero-order valence-corrected chi connectivity index (χ0v) is 14.9. The van der Waals surface area contributed by atoms with Crippen molar-refractivity contribution in [2.45, 2.75) is 38.8 Å². The fourth-order valence-corrected chi connectivity index (χ4v) is 2.44. The number of amides is 2. The van der Waals surface area contributed by atoms with Crippen molar-refractivity contribution in [3.8, 4) is 0 Å². The van der Waals surface area contributed by atoms with E-state index in [0.29, 0.717) is 5.69 Å². The van der Waals surface area contributed by atoms with Crippen LogP contribution in [-0.4, -0.2) is 56.5 Å². The third-order valence-corrected chi connectivity index (χ3v) is 3.86. The van der Waals surface area contributed by atoms with Crippen molar-refractivity contribution < 1.29 is 24.3 Å². The van der Waals surface area contributed by atoms with Crippen LogP contribution in [0.15, 0.2) is 12.5 Å². The number of aliphatic carboxylic acids is 1. The summed E-state index contributed by atoms with van der Waals surface area (Å²) in [4.78, 5) is 53.3. The highest BCUT2D eigenvalue weighted by Gasteiger charge is 2.27. The molecule has 2 amide bonds. The van der Waals surface area contributed by atoms with Gasteiger partial charge in [0.15, 0.2) is 5.78 Å². The molecule has 9 nitrogen and oxygen atoms in total. The molecule has 3 atom stereocenters. The first-order valence-corrected chi connectivity index (χ1v) is 8.29. The van der Waals surface area contributed by atoms with Crippen LogP contribution < -0.4 is 10.6 Å². The molecule has 1 rings (SSSR count). The largest absolute Gasteiger partial charge is 0.480 e. The van der Waals surface area contributed by atoms with Crippen molar-refractivity contribution in [1.29, 1.82) is 0 Å². The fraction of sp³-hybridized carbons (Fsp3) is 0.533. The van der Waals surface area contributed by atoms with E-state index in [1.165, 1.54) is 26.4 Å². The van der Waals surface area contributed by atoms with Crippen LogP contribution in [0.1, 0.15) is 26.0 Å². The van der Waals surface area contributed by atoms with Gasteiger partial charge in [0.25, 0.3) is 0 Å². The van der Waals surface area contributed by atoms with Gasteiger partial charge < -0.3 is 20.7 Å². The van der Waals surface area contributed by atoms with Gasteiger partial charge in [-0.1, -0.05) is 6.92 Å². The first-order chi connectivity index (χ1) is 11.7. The molecule has 10 heteroatoms. The molecular weight excluding hydrogens is 348 g/mol. The molecule has 0 aliphatic carbocycles. The Hall–Kier alpha value is -2.36. The minimum Gasteiger partial charge on any atom is -0.480 e. The number of nitrogens with zero attached hydrogens (tertiary/aromatic N) is 1. The molecule has 0 saturated carbocycles. The molecular formula is C15H22N4O5S. The minimum absolute atomic E-state index is 0.0485. The number of hydrogen-bond donors (Lipinski definition) is 5. The zero-order chi connectivity index (χ0) is 19.0. The second-order valence-corrected chi connectivity index (χ2v) is 6.05. The van der Waals surface area contributed by atoms with Crippen molar-refractivity contribution >= 4 is 36.2 Å². The smallest absolute Gasteiger partial charge is 0.326 e. The van der Waals surface area contributed by atoms with Crippen LogP contribution in [0.2, 0.25) is 0 Å². The molecule has 0 aromatic carbocycles. The first kappa shape index (κ1) is 20.7. The van der Waals surface area contributed by atoms with Crippen LogP contribution in [0, 0.1) is 5.92 Å². The van der Waals surface area contributed by atoms with Gasteiger partial charge in [0.05, 0.1) is 12.4 Å². The number of thiol groups is 1. The number of carbonyl (C=O) groups is 4. The van der Waals surface area contributed by atoms with Gasteiger partial charge in [0.2, 0.25) is 11.8 Å². The molecule has 138 valence electrons. The lowest BCUT2D eigenvalue weighted by Gasteiger charge is -2.19. The number of carbonyl (C=O) groups excluding carboxylic acids is 3. The van der Waals surface area contributed by atoms with Gasteiger partial charge in [0.1, 0.15) is 6.04 Å². The molecule has 1 heterocycles. The van der Waals surface area contributed by atoms with Crippen LogP contribution >= 0.6 is 12.6 Å². The molecule has 1 aromatic rings. The monoisotopic (exact) mass is 370 g/mol. The Morgan fingerprint density at radius 2 is 1.96 bits per heavy atom. The molecule has 0 saturated heterocycles. The number of carboxylic acid groups (broad SMARTS) is 1. The summed E-state index contributed by atoms with van der Waals surface area (Å²) >= 11 is 4.01. The standard InChI is InChI=1S/C15H22N4O5S/c1-8(3-13(21)12(6-25)18-9(2)20)14(22)19-11(15(23)24)4-10-5-16-7-17-10/h5,7-8,11-12,25H,3-4,6H2,1-2H3,(H,16,17)(H,18,20)(H,19,22)(H,23,24)/t8?,11?,12-/m0/s1. The molecule has 0 fully saturated rings. The SMILES string of the molecule is CC(=O)N[C@@H](CS)C(=O)CC(C)C(=O)NC(Cc1cnc[nH]1)C(=O)O. The molecule has 0 aliphatic rings. The number of carboxylic acids is 1. The third kappa shape index (κ3) is 6.96. The molecule has 4 N–H and O–H groups in total. The maximum atomic E-state index is 12.2. The Morgan fingerprint density at radius 3 is 2.44 bits per heavy atom. The van der Waals surface area contributed by atoms with Crippen LogP contribution in [0.4, 0.5) is 0 Å². The summed E-state index contributed by atoms with van der Waals surface area (Å²) < 4.78 is 0. The summed E-state index contributed by atoms with van der Waals surface area (Å²) in [6, 6.07) is -1.92. The lowest BCUT2D eigenvalue weighted by Crippen LogP contribution is -2.46. The average Bonchev–Trinajstić information content (AvgIpc) is 3.04. The van der Waals surface area contributed by atoms with Crippen molar-refractivity contribution in [2.24, 2.45) is 5.92 Å². The number of aromatic nitrogens is 2. The van der Waals surface area contributed by atoms with Gasteiger partial charge >= 0.3 is 5.97 Å². The van der Waals surface area contributed by atoms with E-state index in [-0.39, 0.29) is 30.3 Å². The summed E-state index contributed by atoms with van der Waals surface area (Å²) in [6.07, 6.45) is 2.80. The number of H-pyrrole nitrogens is 1. The summed E-state index contributed by atoms with van der Waals surface area (Å²) in [5.41, 5.74) is 0.567. The minimum atomic E-state index is -1.19. The first-order valence-electron chi connectivity index (χ1n) is 7.65. The number of hydrogen-bond acceptors (Lipinski definition) is 6. The molecule has 0 spiro atoms. The molecule has 2 unspecified atom stereocenters. The normalized spacial score (nSPS) is 14.2. The maximum Gasteiger partial charge on any atom is 0.326 e. The Bertz CT molecular complexity index is 619. The second kappa shape index (κ2) is 9.82. The van der Waals surface area contributed by atoms with Gasteiger partial charge in [-0.3, -0.25) is 14.4 Å². The lowest BCUT2D eigenvalue weighted by molar-refractivity contribution is -0.142. The number of aromatic amines is 1. The van der Waals surface area contributed by atoms with E-state index in [0.717, 1.165) is 0 Å². The molecule has 0 aliphatic heterocycles. The lowest BCUT2D eigenvalue weighted by atomic mass is 9.99. The van der Waals surface area contributed by atoms with Crippen molar-refractivity contribution in [3.05, 3.63) is 18.2 Å². The molecule has 0 bridgehead atoms. The number of rotatable bonds is 10. The van der Waals surface area contributed by atoms with E-state index in [1.807, 2.05) is 0 Å². The van der Waals surface area contributed by atoms with E-state index < -0.39 is 29.9 Å². The van der Waals surface area contributed by atoms with Crippen molar-refractivity contribution in [3.63, 3.8) is 0 Å². The Morgan fingerprint density at radius 1 is 1.28 bits per heavy atom. The summed E-state index contributed by atoms with van der Waals surface area (Å²) in [6.45, 7) is 2.80. The van der Waals surface area contributed by atoms with E-state index >= 15 is 0 Å². The number of Topliss-reactive ketones (excluding diaryl/α,β-unsaturated/α-hetero) is 1. The Kier molecular flexibility index (Phi) is 8.12. The maximum absolute atomic E-state index is 12.2. The van der Waals surface area contributed by atoms with Crippen LogP contribution in [0.25, 0.3) is 0 Å². The molecule has 0 radical (unpaired) electrons. The van der Waals surface area contributed by atoms with Crippen molar-refractivity contribution in [2.75, 3.05) is 5.75 Å². The number of imidazole rings is 1. The second-order valence-electron chi connectivity index (χ2n) is 5.69. The highest BCUT2D eigenvalue weighted by Crippen LogP contribution is 2.08. The quantitative estimate of drug-likeness (QED) is 0.353. The van der Waals surface area contributed by atoms with Gasteiger partial charge in [-0.25, -0.2) is 9.78 Å². The number of nitrogens with one attached hydrogen (secondary N) is 3. The highest BCUT2D eigenvalue weighted by molar-refractivity contribution is 7.80. The fourth-order valence-electron chi connectivity index (χ4n) is 2.14. The van der Waals surface area contributed by atoms with E-state index in [1.54, 1.807) is 0 Å². The third-order valence-electron chi connectivity index (χ3n) is 3.50. The van der Waals surface area contributed by atoms with Gasteiger partial charge in [-0.05, 0) is 0 Å². The van der Waals surface area contributed by atoms with Gasteiger partial charge in [-0.2, -0.15) is 12.6 Å². The van der Waals surface area contributed by atoms with Crippen LogP contribution in [0.3, 0.4) is 0 Å². The van der Waals surface area contributed by atoms with E-state index in [2.05, 4.69) is 33.2 Å².